The SMILES string of the molecule is CC(C)(C#N)c1ccc(-c2cnn3c(N)cc(C4CCC(C(=O)O)NC4)nc23)cc1.COC(=O)C1CCC(c2cc(N)n3ncc(-c4cnc5ccccc5c4)c3n2)CN1.COc1ccc(-c2cnn3c(N)cc(C4CCC(C(=O)O)NC4)nc23)cn1.Cn1ccc(-c2cnn3c(N)c(Br)c(C4CCC(C(=O)O)NC4)nc23)c1.Nc1cc(C2CCC(C(=O)O)NC2)nc2c(-c3ccc(N4CCOCC4)nc3)cnn12. The molecule has 0 aliphatic carbocycles. The molecule has 22 rings (SSSR count). The number of morpholine rings is 1. The Hall–Kier alpha value is -15.8. The minimum atomic E-state index is -0.822. The number of carboxylic acid groups (broad SMARTS) is 4. The molecule has 14 aromatic heterocycles. The number of para-hydroxylation sites is 1. The van der Waals surface area contributed by atoms with Crippen molar-refractivity contribution in [3.8, 4) is 67.6 Å². The van der Waals surface area contributed by atoms with Gasteiger partial charge >= 0.3 is 29.8 Å². The number of aliphatic carboxylic acids is 4. The maximum Gasteiger partial charge on any atom is 0.322 e. The number of esters is 1. The largest absolute Gasteiger partial charge is 0.481 e. The molecule has 0 spiro atoms. The molecule has 6 saturated heterocycles. The third-order valence-corrected chi connectivity index (χ3v) is 28.2. The van der Waals surface area contributed by atoms with Crippen LogP contribution in [-0.4, -0.2) is 246 Å². The van der Waals surface area contributed by atoms with E-state index in [1.54, 1.807) is 72.9 Å². The number of pyridine rings is 3. The number of hydrogen-bond donors (Lipinski definition) is 14. The number of halogens is 1. The van der Waals surface area contributed by atoms with E-state index in [0.29, 0.717) is 146 Å². The maximum atomic E-state index is 11.8. The Morgan fingerprint density at radius 1 is 0.451 bits per heavy atom. The molecule has 0 bridgehead atoms. The van der Waals surface area contributed by atoms with E-state index in [1.165, 1.54) is 7.11 Å². The normalized spacial score (nSPS) is 20.2. The molecule has 19 N–H and O–H groups in total. The quantitative estimate of drug-likeness (QED) is 0.0355. The van der Waals surface area contributed by atoms with Crippen molar-refractivity contribution >= 4 is 120 Å². The fourth-order valence-electron chi connectivity index (χ4n) is 19.1. The molecule has 144 heavy (non-hydrogen) atoms. The summed E-state index contributed by atoms with van der Waals surface area (Å²) in [7, 11) is 4.94. The van der Waals surface area contributed by atoms with Gasteiger partial charge in [-0.2, -0.15) is 53.3 Å². The number of nitrogens with one attached hydrogen (secondary N) is 5. The van der Waals surface area contributed by atoms with Gasteiger partial charge in [0.1, 0.15) is 65.1 Å². The number of carbonyl (C=O) groups is 5. The number of benzene rings is 2. The highest BCUT2D eigenvalue weighted by Crippen LogP contribution is 2.41. The lowest BCUT2D eigenvalue weighted by atomic mass is 9.86. The van der Waals surface area contributed by atoms with Gasteiger partial charge < -0.3 is 99.4 Å². The van der Waals surface area contributed by atoms with Crippen molar-refractivity contribution in [3.63, 3.8) is 0 Å². The first kappa shape index (κ1) is 98.4. The first-order valence-electron chi connectivity index (χ1n) is 47.4. The number of nitrogen functional groups attached to an aromatic ring is 5. The molecule has 44 heteroatoms. The van der Waals surface area contributed by atoms with Crippen LogP contribution in [0.5, 0.6) is 5.88 Å². The summed E-state index contributed by atoms with van der Waals surface area (Å²) < 4.78 is 26.2. The van der Waals surface area contributed by atoms with E-state index in [9.17, 15) is 39.4 Å². The third kappa shape index (κ3) is 21.0. The Bertz CT molecular complexity index is 7460. The van der Waals surface area contributed by atoms with Gasteiger partial charge in [0, 0.05) is 199 Å². The summed E-state index contributed by atoms with van der Waals surface area (Å²) in [5.74, 6) is 1.03. The predicted octanol–water partition coefficient (Wildman–Crippen LogP) is 9.67. The number of hydrogen-bond acceptors (Lipinski definition) is 33. The molecule has 6 aliphatic rings. The van der Waals surface area contributed by atoms with Gasteiger partial charge in [0.15, 0.2) is 28.2 Å². The Labute approximate surface area is 832 Å². The van der Waals surface area contributed by atoms with Crippen molar-refractivity contribution in [2.45, 2.75) is 143 Å². The Balaban J connectivity index is 0.000000119. The third-order valence-electron chi connectivity index (χ3n) is 27.4. The van der Waals surface area contributed by atoms with Gasteiger partial charge in [0.2, 0.25) is 5.88 Å². The van der Waals surface area contributed by atoms with Crippen LogP contribution in [0, 0.1) is 11.3 Å². The lowest BCUT2D eigenvalue weighted by Crippen LogP contribution is -2.44. The smallest absolute Gasteiger partial charge is 0.322 e. The van der Waals surface area contributed by atoms with Crippen LogP contribution in [0.2, 0.25) is 0 Å². The zero-order valence-electron chi connectivity index (χ0n) is 79.6. The van der Waals surface area contributed by atoms with Crippen molar-refractivity contribution in [2.75, 3.05) is 107 Å². The number of aryl methyl sites for hydroxylation is 1. The standard InChI is InChI=1S/C22H22N6O2.C22H24N6O2.C21H25N7O3.C18H20N6O3.C17H19BrN6O2/c1-30-22(29)18-7-6-14(10-25-18)19-9-20(23)28-21(27-19)16(12-26-28)15-8-13-4-2-3-5-17(13)24-11-15;1-22(2,12-23)15-6-3-13(4-7-15)16-11-26-28-19(24)9-18(27-20(16)28)14-5-8-17(21(29)30)25-10-14;22-18-9-17(14-1-3-16(21(29)30)23-11-14)26-20-15(12-25-28(18)20)13-2-4-19(24-10-13)27-5-7-31-8-6-27;1-27-16-5-3-10(7-21-16)12-9-22-24-15(19)6-14(23-17(12)24)11-2-4-13(18(25)26)20-8-11;1-23-5-4-10(8-23)11-7-21-24-15(19)13(18)14(22-16(11)24)9-2-3-12(17(25)26)20-6-9/h2-5,8-9,11-12,14,18,25H,6-7,10,23H2,1H3;3-4,6-7,9,11,14,17,25H,5,8,10,24H2,1-2H3,(H,29,30);2,4,9-10,12,14,16,23H,1,3,5-8,11,22H2,(H,29,30);3,5-7,9,11,13,20H,2,4,8,19H2,1H3,(H,25,26);4-5,7-9,12,20H,2-3,6,19H2,1H3,(H,25,26). The summed E-state index contributed by atoms with van der Waals surface area (Å²) >= 11 is 3.55. The zero-order valence-corrected chi connectivity index (χ0v) is 81.2. The number of nitriles is 1. The molecular formula is C100H110BrN31O12. The highest BCUT2D eigenvalue weighted by molar-refractivity contribution is 9.10. The summed E-state index contributed by atoms with van der Waals surface area (Å²) in [5, 5.41) is 84.6. The van der Waals surface area contributed by atoms with E-state index in [4.69, 9.17) is 78.0 Å². The van der Waals surface area contributed by atoms with Gasteiger partial charge in [0.05, 0.1) is 108 Å². The number of aromatic nitrogens is 19. The van der Waals surface area contributed by atoms with E-state index in [2.05, 4.69) is 100.0 Å². The monoisotopic (exact) mass is 2020 g/mol. The second-order valence-electron chi connectivity index (χ2n) is 37.0. The number of anilines is 6. The second kappa shape index (κ2) is 42.6. The first-order valence-corrected chi connectivity index (χ1v) is 48.2. The number of nitrogens with zero attached hydrogens (tertiary/aromatic N) is 21. The molecule has 6 fully saturated rings. The number of carboxylic acids is 4. The topological polar surface area (TPSA) is 606 Å². The molecule has 744 valence electrons. The molecule has 0 radical (unpaired) electrons. The minimum Gasteiger partial charge on any atom is -0.481 e. The average Bonchev–Trinajstić information content (AvgIpc) is 1.57. The van der Waals surface area contributed by atoms with Crippen LogP contribution in [0.4, 0.5) is 34.9 Å². The van der Waals surface area contributed by atoms with E-state index < -0.39 is 53.5 Å². The van der Waals surface area contributed by atoms with E-state index >= 15 is 0 Å². The molecule has 6 aliphatic heterocycles. The predicted molar refractivity (Wildman–Crippen MR) is 541 cm³/mol. The highest BCUT2D eigenvalue weighted by Gasteiger charge is 2.36. The van der Waals surface area contributed by atoms with Crippen molar-refractivity contribution in [2.24, 2.45) is 7.05 Å². The van der Waals surface area contributed by atoms with Crippen LogP contribution >= 0.6 is 15.9 Å². The molecule has 20 heterocycles. The second-order valence-corrected chi connectivity index (χ2v) is 37.8. The summed E-state index contributed by atoms with van der Waals surface area (Å²) in [6.07, 6.45) is 24.8. The number of carbonyl (C=O) groups excluding carboxylic acids is 1. The number of ether oxygens (including phenoxy) is 3. The van der Waals surface area contributed by atoms with Gasteiger partial charge in [-0.05, 0) is 142 Å². The van der Waals surface area contributed by atoms with Gasteiger partial charge in [-0.1, -0.05) is 42.5 Å². The summed E-state index contributed by atoms with van der Waals surface area (Å²) in [4.78, 5) is 96.2. The zero-order chi connectivity index (χ0) is 101. The first-order chi connectivity index (χ1) is 69.5. The summed E-state index contributed by atoms with van der Waals surface area (Å²) in [6, 6.07) is 35.0. The van der Waals surface area contributed by atoms with E-state index in [1.807, 2.05) is 147 Å². The van der Waals surface area contributed by atoms with Crippen LogP contribution < -0.4 is 64.9 Å². The maximum absolute atomic E-state index is 11.8. The van der Waals surface area contributed by atoms with Crippen molar-refractivity contribution in [3.05, 3.63) is 210 Å². The van der Waals surface area contributed by atoms with Gasteiger partial charge in [0.25, 0.3) is 0 Å². The molecule has 0 amide bonds. The summed E-state index contributed by atoms with van der Waals surface area (Å²) in [6.45, 7) is 9.71. The van der Waals surface area contributed by atoms with Crippen LogP contribution in [0.3, 0.4) is 0 Å². The van der Waals surface area contributed by atoms with Gasteiger partial charge in [-0.3, -0.25) is 29.0 Å². The fourth-order valence-corrected chi connectivity index (χ4v) is 19.7. The number of nitrogens with two attached hydrogens (primary N) is 5. The van der Waals surface area contributed by atoms with E-state index in [-0.39, 0.29) is 41.6 Å². The molecule has 2 aromatic carbocycles. The van der Waals surface area contributed by atoms with Crippen LogP contribution in [0.25, 0.3) is 94.8 Å². The number of rotatable bonds is 18. The molecule has 10 atom stereocenters. The molecule has 0 saturated carbocycles. The van der Waals surface area contributed by atoms with Crippen LogP contribution in [0.15, 0.2) is 176 Å². The van der Waals surface area contributed by atoms with Gasteiger partial charge in [-0.15, -0.1) is 0 Å². The lowest BCUT2D eigenvalue weighted by molar-refractivity contribution is -0.144. The highest BCUT2D eigenvalue weighted by atomic mass is 79.9. The molecule has 16 aromatic rings. The molecule has 43 nitrogen and oxygen atoms in total. The van der Waals surface area contributed by atoms with E-state index in [0.717, 1.165) is 152 Å². The van der Waals surface area contributed by atoms with Crippen LogP contribution in [-0.2, 0) is 45.9 Å². The average molecular weight is 2020 g/mol. The molecule has 10 unspecified atom stereocenters. The fraction of sp³-hybridized carbons (Fsp3) is 0.350. The number of methoxy groups -OCH3 is 2. The number of fused-ring (bicyclic) bond motifs is 6. The van der Waals surface area contributed by atoms with Gasteiger partial charge in [-0.25, -0.2) is 34.9 Å². The molecular weight excluding hydrogens is 1910 g/mol. The Morgan fingerprint density at radius 2 is 0.847 bits per heavy atom. The number of piperidine rings is 5. The Morgan fingerprint density at radius 3 is 1.24 bits per heavy atom. The lowest BCUT2D eigenvalue weighted by Gasteiger charge is -2.28. The van der Waals surface area contributed by atoms with Crippen molar-refractivity contribution in [1.29, 1.82) is 5.26 Å². The Kier molecular flexibility index (Phi) is 29.1. The minimum absolute atomic E-state index is 0.0887. The summed E-state index contributed by atoms with van der Waals surface area (Å²) in [5.41, 5.74) is 49.3. The van der Waals surface area contributed by atoms with Crippen molar-refractivity contribution in [1.82, 2.24) is 119 Å². The van der Waals surface area contributed by atoms with Crippen LogP contribution in [0.1, 0.15) is 142 Å². The van der Waals surface area contributed by atoms with Crippen molar-refractivity contribution < 1.29 is 58.6 Å².